The number of nitro groups is 1. The van der Waals surface area contributed by atoms with Crippen molar-refractivity contribution in [2.45, 2.75) is 31.1 Å². The predicted octanol–water partition coefficient (Wildman–Crippen LogP) is 2.92. The van der Waals surface area contributed by atoms with Crippen LogP contribution in [0.5, 0.6) is 0 Å². The second kappa shape index (κ2) is 9.14. The smallest absolute Gasteiger partial charge is 0.267 e. The van der Waals surface area contributed by atoms with Crippen molar-refractivity contribution in [2.75, 3.05) is 13.1 Å². The third kappa shape index (κ3) is 4.89. The van der Waals surface area contributed by atoms with Crippen molar-refractivity contribution in [3.8, 4) is 0 Å². The number of non-ortho nitro benzene ring substituents is 1. The highest BCUT2D eigenvalue weighted by molar-refractivity contribution is 7.89. The first-order chi connectivity index (χ1) is 14.3. The molecule has 1 saturated heterocycles. The first-order valence-electron chi connectivity index (χ1n) is 9.49. The second-order valence-electron chi connectivity index (χ2n) is 6.94. The van der Waals surface area contributed by atoms with Gasteiger partial charge in [0.2, 0.25) is 10.0 Å². The number of carbonyl (C=O) groups is 1. The molecule has 1 amide bonds. The second-order valence-corrected chi connectivity index (χ2v) is 8.88. The fourth-order valence-electron chi connectivity index (χ4n) is 3.16. The van der Waals surface area contributed by atoms with Gasteiger partial charge in [-0.25, -0.2) is 13.8 Å². The van der Waals surface area contributed by atoms with E-state index >= 15 is 0 Å². The number of nitro benzene ring substituents is 1. The third-order valence-electron chi connectivity index (χ3n) is 4.85. The number of piperidine rings is 1. The van der Waals surface area contributed by atoms with Crippen LogP contribution in [-0.4, -0.2) is 42.4 Å². The number of carbonyl (C=O) groups excluding carboxylic acids is 1. The lowest BCUT2D eigenvalue weighted by Crippen LogP contribution is -2.35. The number of rotatable bonds is 6. The maximum absolute atomic E-state index is 12.8. The minimum absolute atomic E-state index is 0.0661. The summed E-state index contributed by atoms with van der Waals surface area (Å²) in [6.07, 6.45) is 2.66. The van der Waals surface area contributed by atoms with Crippen LogP contribution < -0.4 is 5.43 Å². The summed E-state index contributed by atoms with van der Waals surface area (Å²) in [6, 6.07) is 11.7. The molecule has 1 aliphatic heterocycles. The van der Waals surface area contributed by atoms with E-state index in [1.807, 2.05) is 0 Å². The van der Waals surface area contributed by atoms with Crippen LogP contribution in [0, 0.1) is 10.1 Å². The van der Waals surface area contributed by atoms with E-state index in [4.69, 9.17) is 0 Å². The Morgan fingerprint density at radius 3 is 2.43 bits per heavy atom. The highest BCUT2D eigenvalue weighted by Crippen LogP contribution is 2.21. The zero-order valence-electron chi connectivity index (χ0n) is 16.4. The van der Waals surface area contributed by atoms with Crippen molar-refractivity contribution >= 4 is 27.3 Å². The van der Waals surface area contributed by atoms with Gasteiger partial charge in [0.15, 0.2) is 0 Å². The molecule has 30 heavy (non-hydrogen) atoms. The largest absolute Gasteiger partial charge is 0.271 e. The third-order valence-corrected chi connectivity index (χ3v) is 6.74. The summed E-state index contributed by atoms with van der Waals surface area (Å²) >= 11 is 0. The molecule has 2 aromatic carbocycles. The van der Waals surface area contributed by atoms with Gasteiger partial charge in [-0.05, 0) is 38.0 Å². The summed E-state index contributed by atoms with van der Waals surface area (Å²) in [5.41, 5.74) is 3.32. The molecule has 1 fully saturated rings. The maximum atomic E-state index is 12.8. The molecule has 0 unspecified atom stereocenters. The highest BCUT2D eigenvalue weighted by Gasteiger charge is 2.26. The van der Waals surface area contributed by atoms with E-state index in [1.54, 1.807) is 13.0 Å². The Morgan fingerprint density at radius 1 is 1.07 bits per heavy atom. The van der Waals surface area contributed by atoms with E-state index in [0.29, 0.717) is 24.4 Å². The monoisotopic (exact) mass is 430 g/mol. The average Bonchev–Trinajstić information content (AvgIpc) is 2.78. The Kier molecular flexibility index (Phi) is 6.58. The van der Waals surface area contributed by atoms with E-state index in [9.17, 15) is 23.3 Å². The van der Waals surface area contributed by atoms with Crippen molar-refractivity contribution in [2.24, 2.45) is 5.10 Å². The number of amides is 1. The van der Waals surface area contributed by atoms with Crippen LogP contribution in [0.1, 0.15) is 42.1 Å². The predicted molar refractivity (Wildman–Crippen MR) is 112 cm³/mol. The van der Waals surface area contributed by atoms with E-state index < -0.39 is 20.9 Å². The van der Waals surface area contributed by atoms with Crippen LogP contribution in [0.2, 0.25) is 0 Å². The van der Waals surface area contributed by atoms with Gasteiger partial charge in [0.1, 0.15) is 0 Å². The Morgan fingerprint density at radius 2 is 1.73 bits per heavy atom. The molecule has 158 valence electrons. The van der Waals surface area contributed by atoms with Crippen molar-refractivity contribution in [1.29, 1.82) is 0 Å². The van der Waals surface area contributed by atoms with E-state index in [1.165, 1.54) is 46.8 Å². The summed E-state index contributed by atoms with van der Waals surface area (Å²) in [5, 5.41) is 14.9. The van der Waals surface area contributed by atoms with Gasteiger partial charge < -0.3 is 0 Å². The average molecular weight is 430 g/mol. The van der Waals surface area contributed by atoms with E-state index in [0.717, 1.165) is 19.3 Å². The Hall–Kier alpha value is -3.11. The Balaban J connectivity index is 1.76. The van der Waals surface area contributed by atoms with Crippen LogP contribution in [-0.2, 0) is 10.0 Å². The molecule has 1 aliphatic rings. The number of nitrogens with one attached hydrogen (secondary N) is 1. The Bertz CT molecular complexity index is 1090. The number of hydrogen-bond acceptors (Lipinski definition) is 6. The number of benzene rings is 2. The van der Waals surface area contributed by atoms with Crippen LogP contribution in [0.15, 0.2) is 58.5 Å². The van der Waals surface area contributed by atoms with Gasteiger partial charge in [0.05, 0.1) is 15.5 Å². The normalized spacial score (nSPS) is 15.6. The lowest BCUT2D eigenvalue weighted by atomic mass is 10.1. The molecule has 1 heterocycles. The number of hydrazone groups is 1. The van der Waals surface area contributed by atoms with Crippen LogP contribution >= 0.6 is 0 Å². The van der Waals surface area contributed by atoms with Gasteiger partial charge in [-0.15, -0.1) is 0 Å². The highest BCUT2D eigenvalue weighted by atomic mass is 32.2. The molecular weight excluding hydrogens is 408 g/mol. The molecular formula is C20H22N4O5S. The van der Waals surface area contributed by atoms with Crippen LogP contribution in [0.25, 0.3) is 0 Å². The molecule has 0 bridgehead atoms. The molecule has 9 nitrogen and oxygen atoms in total. The van der Waals surface area contributed by atoms with Gasteiger partial charge in [0.25, 0.3) is 11.6 Å². The zero-order valence-corrected chi connectivity index (χ0v) is 17.3. The lowest BCUT2D eigenvalue weighted by molar-refractivity contribution is -0.384. The molecule has 0 spiro atoms. The summed E-state index contributed by atoms with van der Waals surface area (Å²) in [5.74, 6) is -0.574. The summed E-state index contributed by atoms with van der Waals surface area (Å²) in [7, 11) is -3.65. The molecule has 0 aliphatic carbocycles. The first-order valence-corrected chi connectivity index (χ1v) is 10.9. The van der Waals surface area contributed by atoms with Gasteiger partial charge in [-0.2, -0.15) is 9.41 Å². The van der Waals surface area contributed by atoms with E-state index in [2.05, 4.69) is 10.5 Å². The van der Waals surface area contributed by atoms with Gasteiger partial charge >= 0.3 is 0 Å². The first kappa shape index (κ1) is 21.6. The summed E-state index contributed by atoms with van der Waals surface area (Å²) in [6.45, 7) is 2.56. The molecule has 0 atom stereocenters. The van der Waals surface area contributed by atoms with Crippen molar-refractivity contribution < 1.29 is 18.1 Å². The summed E-state index contributed by atoms with van der Waals surface area (Å²) in [4.78, 5) is 22.9. The fourth-order valence-corrected chi connectivity index (χ4v) is 4.72. The maximum Gasteiger partial charge on any atom is 0.271 e. The Labute approximate surface area is 174 Å². The topological polar surface area (TPSA) is 122 Å². The number of hydrogen-bond donors (Lipinski definition) is 1. The minimum atomic E-state index is -3.65. The molecule has 0 radical (unpaired) electrons. The minimum Gasteiger partial charge on any atom is -0.267 e. The SMILES string of the molecule is C/C(=N/NC(=O)c1cccc(S(=O)(=O)N2CCCCC2)c1)c1cccc([N+](=O)[O-])c1. The van der Waals surface area contributed by atoms with Crippen LogP contribution in [0.4, 0.5) is 5.69 Å². The molecule has 0 saturated carbocycles. The molecule has 3 rings (SSSR count). The summed E-state index contributed by atoms with van der Waals surface area (Å²) < 4.78 is 27.1. The zero-order chi connectivity index (χ0) is 21.7. The molecule has 0 aromatic heterocycles. The van der Waals surface area contributed by atoms with Crippen molar-refractivity contribution in [1.82, 2.24) is 9.73 Å². The quantitative estimate of drug-likeness (QED) is 0.429. The molecule has 1 N–H and O–H groups in total. The lowest BCUT2D eigenvalue weighted by Gasteiger charge is -2.25. The van der Waals surface area contributed by atoms with Crippen molar-refractivity contribution in [3.63, 3.8) is 0 Å². The van der Waals surface area contributed by atoms with Gasteiger partial charge in [-0.3, -0.25) is 14.9 Å². The van der Waals surface area contributed by atoms with Gasteiger partial charge in [-0.1, -0.05) is 24.6 Å². The van der Waals surface area contributed by atoms with Crippen LogP contribution in [0.3, 0.4) is 0 Å². The van der Waals surface area contributed by atoms with Crippen molar-refractivity contribution in [3.05, 3.63) is 69.8 Å². The van der Waals surface area contributed by atoms with Gasteiger partial charge in [0, 0.05) is 36.3 Å². The molecule has 10 heteroatoms. The standard InChI is InChI=1S/C20H22N4O5S/c1-15(16-7-5-9-18(13-16)24(26)27)21-22-20(25)17-8-6-10-19(14-17)30(28,29)23-11-3-2-4-12-23/h5-10,13-14H,2-4,11-12H2,1H3,(H,22,25)/b21-15-. The van der Waals surface area contributed by atoms with E-state index in [-0.39, 0.29) is 16.1 Å². The fraction of sp³-hybridized carbons (Fsp3) is 0.300. The number of sulfonamides is 1. The number of nitrogens with zero attached hydrogens (tertiary/aromatic N) is 3. The molecule has 2 aromatic rings.